The van der Waals surface area contributed by atoms with Crippen LogP contribution >= 0.6 is 11.6 Å². The second-order valence-electron chi connectivity index (χ2n) is 4.53. The van der Waals surface area contributed by atoms with E-state index in [2.05, 4.69) is 13.8 Å². The second-order valence-corrected chi connectivity index (χ2v) is 6.51. The Morgan fingerprint density at radius 3 is 2.72 bits per heavy atom. The zero-order chi connectivity index (χ0) is 13.5. The number of rotatable bonds is 7. The molecule has 1 aromatic rings. The monoisotopic (exact) mass is 289 g/mol. The summed E-state index contributed by atoms with van der Waals surface area (Å²) in [4.78, 5) is 0.696. The molecule has 18 heavy (non-hydrogen) atoms. The summed E-state index contributed by atoms with van der Waals surface area (Å²) >= 11 is 5.89. The first-order valence-corrected chi connectivity index (χ1v) is 7.71. The molecule has 0 heterocycles. The molecule has 3 nitrogen and oxygen atoms in total. The van der Waals surface area contributed by atoms with Gasteiger partial charge in [-0.1, -0.05) is 25.4 Å². The zero-order valence-electron chi connectivity index (χ0n) is 10.8. The van der Waals surface area contributed by atoms with E-state index < -0.39 is 10.8 Å². The summed E-state index contributed by atoms with van der Waals surface area (Å²) in [5, 5.41) is 0.446. The van der Waals surface area contributed by atoms with E-state index in [-0.39, 0.29) is 0 Å². The van der Waals surface area contributed by atoms with Gasteiger partial charge in [0.1, 0.15) is 0 Å². The van der Waals surface area contributed by atoms with Gasteiger partial charge in [0.25, 0.3) is 0 Å². The minimum Gasteiger partial charge on any atom is -0.398 e. The van der Waals surface area contributed by atoms with E-state index in [0.29, 0.717) is 33.9 Å². The summed E-state index contributed by atoms with van der Waals surface area (Å²) in [6.07, 6.45) is 1.03. The van der Waals surface area contributed by atoms with Crippen LogP contribution in [0.4, 0.5) is 5.69 Å². The maximum Gasteiger partial charge on any atom is 0.0647 e. The van der Waals surface area contributed by atoms with Gasteiger partial charge in [-0.2, -0.15) is 0 Å². The normalized spacial score (nSPS) is 12.9. The standard InChI is InChI=1S/C13H20ClNO2S/c1-10(2)5-6-17-7-8-18(16)11-3-4-13(15)12(14)9-11/h3-4,9-10H,5-8,15H2,1-2H3. The average molecular weight is 290 g/mol. The molecular formula is C13H20ClNO2S. The van der Waals surface area contributed by atoms with Crippen molar-refractivity contribution < 1.29 is 8.95 Å². The highest BCUT2D eigenvalue weighted by molar-refractivity contribution is 7.85. The zero-order valence-corrected chi connectivity index (χ0v) is 12.4. The van der Waals surface area contributed by atoms with Crippen LogP contribution in [-0.4, -0.2) is 23.2 Å². The maximum atomic E-state index is 11.9. The van der Waals surface area contributed by atoms with Crippen molar-refractivity contribution in [3.63, 3.8) is 0 Å². The Morgan fingerprint density at radius 1 is 1.39 bits per heavy atom. The van der Waals surface area contributed by atoms with E-state index in [4.69, 9.17) is 22.1 Å². The Kier molecular flexibility index (Phi) is 6.68. The van der Waals surface area contributed by atoms with Crippen molar-refractivity contribution in [3.05, 3.63) is 23.2 Å². The highest BCUT2D eigenvalue weighted by atomic mass is 35.5. The molecule has 0 aromatic heterocycles. The summed E-state index contributed by atoms with van der Waals surface area (Å²) in [6.45, 7) is 5.52. The molecule has 2 N–H and O–H groups in total. The van der Waals surface area contributed by atoms with Crippen LogP contribution in [0.2, 0.25) is 5.02 Å². The van der Waals surface area contributed by atoms with E-state index >= 15 is 0 Å². The molecule has 0 saturated heterocycles. The van der Waals surface area contributed by atoms with Gasteiger partial charge < -0.3 is 10.5 Å². The molecule has 0 radical (unpaired) electrons. The lowest BCUT2D eigenvalue weighted by Gasteiger charge is -2.07. The first kappa shape index (κ1) is 15.5. The highest BCUT2D eigenvalue weighted by Gasteiger charge is 2.06. The van der Waals surface area contributed by atoms with Crippen molar-refractivity contribution in [2.24, 2.45) is 5.92 Å². The number of benzene rings is 1. The quantitative estimate of drug-likeness (QED) is 0.620. The van der Waals surface area contributed by atoms with Crippen LogP contribution in [0.25, 0.3) is 0 Å². The third-order valence-electron chi connectivity index (χ3n) is 2.49. The summed E-state index contributed by atoms with van der Waals surface area (Å²) < 4.78 is 17.4. The third kappa shape index (κ3) is 5.38. The lowest BCUT2D eigenvalue weighted by Crippen LogP contribution is -2.08. The van der Waals surface area contributed by atoms with Crippen molar-refractivity contribution in [2.45, 2.75) is 25.2 Å². The van der Waals surface area contributed by atoms with Crippen molar-refractivity contribution in [1.29, 1.82) is 0 Å². The molecule has 0 saturated carbocycles. The molecule has 1 aromatic carbocycles. The van der Waals surface area contributed by atoms with Crippen LogP contribution in [0, 0.1) is 5.92 Å². The Labute approximate surface area is 116 Å². The van der Waals surface area contributed by atoms with Gasteiger partial charge in [0.2, 0.25) is 0 Å². The van der Waals surface area contributed by atoms with E-state index in [1.165, 1.54) is 0 Å². The van der Waals surface area contributed by atoms with Crippen molar-refractivity contribution >= 4 is 28.1 Å². The molecule has 0 bridgehead atoms. The number of halogens is 1. The number of nitrogen functional groups attached to an aromatic ring is 1. The Morgan fingerprint density at radius 2 is 2.11 bits per heavy atom. The lowest BCUT2D eigenvalue weighted by molar-refractivity contribution is 0.138. The number of hydrogen-bond acceptors (Lipinski definition) is 3. The fourth-order valence-corrected chi connectivity index (χ4v) is 2.54. The molecule has 0 amide bonds. The van der Waals surface area contributed by atoms with Gasteiger partial charge in [-0.3, -0.25) is 4.21 Å². The molecule has 102 valence electrons. The number of hydrogen-bond donors (Lipinski definition) is 1. The van der Waals surface area contributed by atoms with Gasteiger partial charge >= 0.3 is 0 Å². The summed E-state index contributed by atoms with van der Waals surface area (Å²) in [6, 6.07) is 5.07. The molecule has 5 heteroatoms. The van der Waals surface area contributed by atoms with Gasteiger partial charge in [0, 0.05) is 11.5 Å². The van der Waals surface area contributed by atoms with E-state index in [1.54, 1.807) is 18.2 Å². The lowest BCUT2D eigenvalue weighted by atomic mass is 10.1. The summed E-state index contributed by atoms with van der Waals surface area (Å²) in [5.74, 6) is 1.12. The molecule has 0 aliphatic heterocycles. The number of anilines is 1. The highest BCUT2D eigenvalue weighted by Crippen LogP contribution is 2.21. The molecule has 1 unspecified atom stereocenters. The minimum absolute atomic E-state index is 0.446. The van der Waals surface area contributed by atoms with E-state index in [9.17, 15) is 4.21 Å². The predicted octanol–water partition coefficient (Wildman–Crippen LogP) is 3.09. The van der Waals surface area contributed by atoms with Crippen molar-refractivity contribution in [1.82, 2.24) is 0 Å². The SMILES string of the molecule is CC(C)CCOCCS(=O)c1ccc(N)c(Cl)c1. The Balaban J connectivity index is 2.34. The van der Waals surface area contributed by atoms with Crippen LogP contribution in [0.3, 0.4) is 0 Å². The van der Waals surface area contributed by atoms with Crippen LogP contribution in [-0.2, 0) is 15.5 Å². The van der Waals surface area contributed by atoms with E-state index in [0.717, 1.165) is 13.0 Å². The molecule has 0 aliphatic rings. The number of nitrogens with two attached hydrogens (primary N) is 1. The average Bonchev–Trinajstić information content (AvgIpc) is 2.31. The topological polar surface area (TPSA) is 52.3 Å². The largest absolute Gasteiger partial charge is 0.398 e. The number of ether oxygens (including phenoxy) is 1. The maximum absolute atomic E-state index is 11.9. The molecular weight excluding hydrogens is 270 g/mol. The molecule has 1 rings (SSSR count). The van der Waals surface area contributed by atoms with Gasteiger partial charge in [-0.25, -0.2) is 0 Å². The summed E-state index contributed by atoms with van der Waals surface area (Å²) in [7, 11) is -1.08. The minimum atomic E-state index is -1.08. The van der Waals surface area contributed by atoms with Crippen molar-refractivity contribution in [3.8, 4) is 0 Å². The predicted molar refractivity (Wildman–Crippen MR) is 77.4 cm³/mol. The Hall–Kier alpha value is -0.580. The third-order valence-corrected chi connectivity index (χ3v) is 4.13. The van der Waals surface area contributed by atoms with Crippen LogP contribution in [0.1, 0.15) is 20.3 Å². The van der Waals surface area contributed by atoms with E-state index in [1.807, 2.05) is 0 Å². The fraction of sp³-hybridized carbons (Fsp3) is 0.538. The Bertz CT molecular complexity index is 410. The second kappa shape index (κ2) is 7.77. The molecule has 0 fully saturated rings. The van der Waals surface area contributed by atoms with Gasteiger partial charge in [0.05, 0.1) is 33.9 Å². The van der Waals surface area contributed by atoms with Crippen LogP contribution < -0.4 is 5.73 Å². The molecule has 0 aliphatic carbocycles. The van der Waals surface area contributed by atoms with Gasteiger partial charge in [-0.15, -0.1) is 0 Å². The smallest absolute Gasteiger partial charge is 0.0647 e. The summed E-state index contributed by atoms with van der Waals surface area (Å²) in [5.41, 5.74) is 6.11. The van der Waals surface area contributed by atoms with Gasteiger partial charge in [0.15, 0.2) is 0 Å². The van der Waals surface area contributed by atoms with Gasteiger partial charge in [-0.05, 0) is 30.5 Å². The van der Waals surface area contributed by atoms with Crippen LogP contribution in [0.15, 0.2) is 23.1 Å². The van der Waals surface area contributed by atoms with Crippen molar-refractivity contribution in [2.75, 3.05) is 24.7 Å². The first-order chi connectivity index (χ1) is 8.50. The molecule has 0 spiro atoms. The molecule has 1 atom stereocenters. The van der Waals surface area contributed by atoms with Crippen LogP contribution in [0.5, 0.6) is 0 Å². The first-order valence-electron chi connectivity index (χ1n) is 6.02. The fourth-order valence-electron chi connectivity index (χ4n) is 1.32.